The maximum absolute atomic E-state index is 6.27. The molecule has 0 spiro atoms. The number of benzene rings is 1. The molecule has 0 radical (unpaired) electrons. The van der Waals surface area contributed by atoms with Crippen LogP contribution in [0.2, 0.25) is 5.02 Å². The molecule has 0 aliphatic rings. The highest BCUT2D eigenvalue weighted by molar-refractivity contribution is 6.35. The lowest BCUT2D eigenvalue weighted by Gasteiger charge is -2.08. The average Bonchev–Trinajstić information content (AvgIpc) is 2.97. The molecule has 18 heavy (non-hydrogen) atoms. The van der Waals surface area contributed by atoms with Crippen molar-refractivity contribution < 1.29 is 4.52 Å². The highest BCUT2D eigenvalue weighted by atomic mass is 35.5. The van der Waals surface area contributed by atoms with Crippen molar-refractivity contribution in [3.63, 3.8) is 0 Å². The molecule has 92 valence electrons. The molecule has 2 aromatic heterocycles. The summed E-state index contributed by atoms with van der Waals surface area (Å²) in [6, 6.07) is 6.34. The molecule has 0 saturated carbocycles. The van der Waals surface area contributed by atoms with Crippen LogP contribution in [0.5, 0.6) is 0 Å². The number of nitrogens with zero attached hydrogens (tertiary/aromatic N) is 3. The number of fused-ring (bicyclic) bond motifs is 1. The average molecular weight is 262 g/mol. The zero-order valence-corrected chi connectivity index (χ0v) is 10.8. The fourth-order valence-electron chi connectivity index (χ4n) is 2.07. The van der Waals surface area contributed by atoms with Gasteiger partial charge < -0.3 is 9.09 Å². The largest absolute Gasteiger partial charge is 0.343 e. The van der Waals surface area contributed by atoms with Crippen molar-refractivity contribution in [2.75, 3.05) is 0 Å². The normalized spacial score (nSPS) is 11.6. The van der Waals surface area contributed by atoms with Gasteiger partial charge in [-0.05, 0) is 32.0 Å². The summed E-state index contributed by atoms with van der Waals surface area (Å²) >= 11 is 6.27. The van der Waals surface area contributed by atoms with E-state index in [1.807, 2.05) is 24.4 Å². The third-order valence-electron chi connectivity index (χ3n) is 2.95. The Morgan fingerprint density at radius 3 is 2.83 bits per heavy atom. The minimum absolute atomic E-state index is 0.370. The second kappa shape index (κ2) is 4.14. The van der Waals surface area contributed by atoms with Crippen LogP contribution in [0.1, 0.15) is 19.9 Å². The highest BCUT2D eigenvalue weighted by Crippen LogP contribution is 2.31. The van der Waals surface area contributed by atoms with Crippen molar-refractivity contribution in [1.82, 2.24) is 14.7 Å². The van der Waals surface area contributed by atoms with Crippen LogP contribution in [-0.4, -0.2) is 14.7 Å². The first kappa shape index (κ1) is 11.3. The van der Waals surface area contributed by atoms with Gasteiger partial charge >= 0.3 is 0 Å². The summed E-state index contributed by atoms with van der Waals surface area (Å²) in [5, 5.41) is 5.35. The van der Waals surface area contributed by atoms with E-state index in [4.69, 9.17) is 16.1 Å². The molecule has 5 heteroatoms. The number of halogens is 1. The maximum Gasteiger partial charge on any atom is 0.257 e. The Morgan fingerprint density at radius 1 is 1.33 bits per heavy atom. The molecule has 3 rings (SSSR count). The van der Waals surface area contributed by atoms with Gasteiger partial charge in [-0.3, -0.25) is 0 Å². The van der Waals surface area contributed by atoms with Crippen molar-refractivity contribution in [1.29, 1.82) is 0 Å². The molecular formula is C13H12ClN3O. The predicted octanol–water partition coefficient (Wildman–Crippen LogP) is 3.93. The number of hydrogen-bond acceptors (Lipinski definition) is 3. The minimum Gasteiger partial charge on any atom is -0.343 e. The predicted molar refractivity (Wildman–Crippen MR) is 70.6 cm³/mol. The third-order valence-corrected chi connectivity index (χ3v) is 3.25. The summed E-state index contributed by atoms with van der Waals surface area (Å²) in [6.07, 6.45) is 3.34. The first-order valence-corrected chi connectivity index (χ1v) is 6.12. The van der Waals surface area contributed by atoms with E-state index < -0.39 is 0 Å². The molecule has 0 N–H and O–H groups in total. The SMILES string of the molecule is CC(C)n1cc(Cl)c2cc(-c3ncno3)ccc21. The van der Waals surface area contributed by atoms with E-state index in [9.17, 15) is 0 Å². The van der Waals surface area contributed by atoms with Gasteiger partial charge in [0.15, 0.2) is 6.33 Å². The summed E-state index contributed by atoms with van der Waals surface area (Å²) in [6.45, 7) is 4.25. The molecule has 0 atom stereocenters. The molecule has 0 saturated heterocycles. The highest BCUT2D eigenvalue weighted by Gasteiger charge is 2.12. The van der Waals surface area contributed by atoms with Crippen LogP contribution >= 0.6 is 11.6 Å². The second-order valence-electron chi connectivity index (χ2n) is 4.46. The standard InChI is InChI=1S/C13H12ClN3O/c1-8(2)17-6-11(14)10-5-9(3-4-12(10)17)13-15-7-16-18-13/h3-8H,1-2H3. The fourth-order valence-corrected chi connectivity index (χ4v) is 2.33. The van der Waals surface area contributed by atoms with Crippen LogP contribution in [0.25, 0.3) is 22.4 Å². The van der Waals surface area contributed by atoms with Gasteiger partial charge in [-0.25, -0.2) is 0 Å². The van der Waals surface area contributed by atoms with Gasteiger partial charge in [0.05, 0.1) is 5.02 Å². The number of rotatable bonds is 2. The van der Waals surface area contributed by atoms with E-state index in [0.717, 1.165) is 21.5 Å². The Bertz CT molecular complexity index is 686. The Kier molecular flexibility index (Phi) is 2.59. The molecule has 0 amide bonds. The van der Waals surface area contributed by atoms with Crippen LogP contribution in [-0.2, 0) is 0 Å². The monoisotopic (exact) mass is 261 g/mol. The van der Waals surface area contributed by atoms with Gasteiger partial charge in [0.2, 0.25) is 0 Å². The summed E-state index contributed by atoms with van der Waals surface area (Å²) < 4.78 is 7.20. The van der Waals surface area contributed by atoms with Crippen molar-refractivity contribution in [3.05, 3.63) is 35.7 Å². The Labute approximate surface area is 109 Å². The number of hydrogen-bond donors (Lipinski definition) is 0. The van der Waals surface area contributed by atoms with Crippen molar-refractivity contribution in [3.8, 4) is 11.5 Å². The maximum atomic E-state index is 6.27. The van der Waals surface area contributed by atoms with E-state index in [2.05, 4.69) is 28.6 Å². The van der Waals surface area contributed by atoms with Gasteiger partial charge in [-0.15, -0.1) is 0 Å². The first-order valence-electron chi connectivity index (χ1n) is 5.74. The molecule has 0 fully saturated rings. The molecule has 0 unspecified atom stereocenters. The molecule has 0 aliphatic heterocycles. The lowest BCUT2D eigenvalue weighted by Crippen LogP contribution is -1.97. The van der Waals surface area contributed by atoms with Gasteiger partial charge in [0.1, 0.15) is 0 Å². The summed E-state index contributed by atoms with van der Waals surface area (Å²) in [4.78, 5) is 4.04. The van der Waals surface area contributed by atoms with Crippen LogP contribution < -0.4 is 0 Å². The van der Waals surface area contributed by atoms with Crippen LogP contribution in [0.4, 0.5) is 0 Å². The van der Waals surface area contributed by atoms with Gasteiger partial charge in [0.25, 0.3) is 5.89 Å². The second-order valence-corrected chi connectivity index (χ2v) is 4.86. The van der Waals surface area contributed by atoms with Crippen molar-refractivity contribution >= 4 is 22.5 Å². The third kappa shape index (κ3) is 1.69. The Morgan fingerprint density at radius 2 is 2.17 bits per heavy atom. The van der Waals surface area contributed by atoms with E-state index in [1.54, 1.807) is 0 Å². The molecule has 2 heterocycles. The van der Waals surface area contributed by atoms with Crippen LogP contribution in [0.3, 0.4) is 0 Å². The topological polar surface area (TPSA) is 43.9 Å². The Balaban J connectivity index is 2.22. The molecule has 3 aromatic rings. The quantitative estimate of drug-likeness (QED) is 0.702. The molecule has 0 bridgehead atoms. The first-order chi connectivity index (χ1) is 8.66. The molecular weight excluding hydrogens is 250 g/mol. The zero-order chi connectivity index (χ0) is 12.7. The van der Waals surface area contributed by atoms with Gasteiger partial charge in [-0.2, -0.15) is 4.98 Å². The lowest BCUT2D eigenvalue weighted by atomic mass is 10.1. The Hall–Kier alpha value is -1.81. The summed E-state index contributed by atoms with van der Waals surface area (Å²) in [7, 11) is 0. The number of aromatic nitrogens is 3. The molecule has 0 aliphatic carbocycles. The van der Waals surface area contributed by atoms with Crippen LogP contribution in [0.15, 0.2) is 35.2 Å². The van der Waals surface area contributed by atoms with Crippen molar-refractivity contribution in [2.45, 2.75) is 19.9 Å². The van der Waals surface area contributed by atoms with Gasteiger partial charge in [-0.1, -0.05) is 16.8 Å². The van der Waals surface area contributed by atoms with E-state index >= 15 is 0 Å². The van der Waals surface area contributed by atoms with Crippen LogP contribution in [0, 0.1) is 0 Å². The minimum atomic E-state index is 0.370. The lowest BCUT2D eigenvalue weighted by molar-refractivity contribution is 0.430. The van der Waals surface area contributed by atoms with Crippen molar-refractivity contribution in [2.24, 2.45) is 0 Å². The fraction of sp³-hybridized carbons (Fsp3) is 0.231. The summed E-state index contributed by atoms with van der Waals surface area (Å²) in [5.74, 6) is 0.505. The van der Waals surface area contributed by atoms with Gasteiger partial charge in [0, 0.05) is 28.7 Å². The van der Waals surface area contributed by atoms with E-state index in [-0.39, 0.29) is 0 Å². The van der Waals surface area contributed by atoms with E-state index in [1.165, 1.54) is 6.33 Å². The smallest absolute Gasteiger partial charge is 0.257 e. The summed E-state index contributed by atoms with van der Waals surface area (Å²) in [5.41, 5.74) is 1.99. The zero-order valence-electron chi connectivity index (χ0n) is 10.1. The van der Waals surface area contributed by atoms with E-state index in [0.29, 0.717) is 11.9 Å². The molecule has 4 nitrogen and oxygen atoms in total. The molecule has 1 aromatic carbocycles.